The van der Waals surface area contributed by atoms with E-state index in [9.17, 15) is 19.2 Å². The van der Waals surface area contributed by atoms with Gasteiger partial charge in [0.2, 0.25) is 5.91 Å². The number of aryl methyl sites for hydroxylation is 1. The molecule has 0 aliphatic carbocycles. The lowest BCUT2D eigenvalue weighted by Crippen LogP contribution is -2.42. The fourth-order valence-electron chi connectivity index (χ4n) is 3.41. The standard InChI is InChI=1S/C22H26N4O6S/c1-25-12-9-23-22(25)33-14-18(27)24-17-6-4-3-5-16(17)21(30)32-13-19(28)26-10-7-15(8-11-26)20(29)31-2/h3-6,9,12,15H,7-8,10-11,13-14H2,1-2H3,(H,24,27). The first-order valence-corrected chi connectivity index (χ1v) is 11.4. The molecule has 33 heavy (non-hydrogen) atoms. The Morgan fingerprint density at radius 2 is 1.91 bits per heavy atom. The maximum atomic E-state index is 12.6. The number of carbonyl (C=O) groups excluding carboxylic acids is 4. The Hall–Kier alpha value is -3.34. The van der Waals surface area contributed by atoms with Gasteiger partial charge in [-0.15, -0.1) is 0 Å². The Labute approximate surface area is 195 Å². The van der Waals surface area contributed by atoms with Crippen LogP contribution in [0.15, 0.2) is 41.8 Å². The van der Waals surface area contributed by atoms with Gasteiger partial charge in [-0.3, -0.25) is 14.4 Å². The van der Waals surface area contributed by atoms with E-state index < -0.39 is 12.6 Å². The molecule has 1 saturated heterocycles. The minimum absolute atomic E-state index is 0.119. The maximum absolute atomic E-state index is 12.6. The van der Waals surface area contributed by atoms with Gasteiger partial charge in [-0.05, 0) is 25.0 Å². The molecule has 3 rings (SSSR count). The zero-order valence-electron chi connectivity index (χ0n) is 18.5. The number of esters is 2. The van der Waals surface area contributed by atoms with Gasteiger partial charge in [0.25, 0.3) is 5.91 Å². The third-order valence-corrected chi connectivity index (χ3v) is 6.30. The molecule has 10 nitrogen and oxygen atoms in total. The van der Waals surface area contributed by atoms with E-state index in [1.807, 2.05) is 7.05 Å². The summed E-state index contributed by atoms with van der Waals surface area (Å²) in [4.78, 5) is 54.7. The normalized spacial score (nSPS) is 13.9. The summed E-state index contributed by atoms with van der Waals surface area (Å²) in [7, 11) is 3.18. The predicted octanol–water partition coefficient (Wildman–Crippen LogP) is 1.72. The van der Waals surface area contributed by atoms with Crippen LogP contribution in [0.3, 0.4) is 0 Å². The summed E-state index contributed by atoms with van der Waals surface area (Å²) in [6, 6.07) is 6.46. The number of ether oxygens (including phenoxy) is 2. The van der Waals surface area contributed by atoms with Crippen LogP contribution < -0.4 is 5.32 Å². The zero-order valence-corrected chi connectivity index (χ0v) is 19.3. The van der Waals surface area contributed by atoms with Crippen molar-refractivity contribution in [3.63, 3.8) is 0 Å². The Bertz CT molecular complexity index is 1020. The van der Waals surface area contributed by atoms with Gasteiger partial charge < -0.3 is 24.3 Å². The highest BCUT2D eigenvalue weighted by molar-refractivity contribution is 7.99. The van der Waals surface area contributed by atoms with Crippen molar-refractivity contribution in [2.75, 3.05) is 37.9 Å². The number of hydrogen-bond donors (Lipinski definition) is 1. The largest absolute Gasteiger partial charge is 0.469 e. The third-order valence-electron chi connectivity index (χ3n) is 5.24. The van der Waals surface area contributed by atoms with Gasteiger partial charge in [0.05, 0.1) is 30.0 Å². The molecular formula is C22H26N4O6S. The third kappa shape index (κ3) is 6.58. The van der Waals surface area contributed by atoms with Crippen molar-refractivity contribution in [1.29, 1.82) is 0 Å². The first-order chi connectivity index (χ1) is 15.9. The minimum atomic E-state index is -0.708. The highest BCUT2D eigenvalue weighted by Crippen LogP contribution is 2.20. The highest BCUT2D eigenvalue weighted by Gasteiger charge is 2.28. The molecule has 0 radical (unpaired) electrons. The van der Waals surface area contributed by atoms with Gasteiger partial charge in [-0.2, -0.15) is 0 Å². The van der Waals surface area contributed by atoms with Crippen LogP contribution in [-0.4, -0.2) is 70.8 Å². The van der Waals surface area contributed by atoms with Crippen LogP contribution in [0, 0.1) is 5.92 Å². The van der Waals surface area contributed by atoms with E-state index in [0.717, 1.165) is 0 Å². The van der Waals surface area contributed by atoms with Crippen molar-refractivity contribution in [2.45, 2.75) is 18.0 Å². The van der Waals surface area contributed by atoms with Gasteiger partial charge in [0.15, 0.2) is 11.8 Å². The molecule has 0 spiro atoms. The molecule has 1 aromatic carbocycles. The summed E-state index contributed by atoms with van der Waals surface area (Å²) in [6.07, 6.45) is 4.46. The number of methoxy groups -OCH3 is 1. The number of amides is 2. The van der Waals surface area contributed by atoms with Crippen LogP contribution in [0.1, 0.15) is 23.2 Å². The van der Waals surface area contributed by atoms with Gasteiger partial charge in [-0.1, -0.05) is 23.9 Å². The van der Waals surface area contributed by atoms with Crippen molar-refractivity contribution < 1.29 is 28.7 Å². The topological polar surface area (TPSA) is 120 Å². The molecule has 1 aliphatic heterocycles. The molecule has 11 heteroatoms. The lowest BCUT2D eigenvalue weighted by Gasteiger charge is -2.30. The van der Waals surface area contributed by atoms with Crippen LogP contribution in [0.4, 0.5) is 5.69 Å². The molecule has 1 N–H and O–H groups in total. The minimum Gasteiger partial charge on any atom is -0.469 e. The Kier molecular flexibility index (Phi) is 8.47. The SMILES string of the molecule is COC(=O)C1CCN(C(=O)COC(=O)c2ccccc2NC(=O)CSc2nccn2C)CC1. The monoisotopic (exact) mass is 474 g/mol. The molecule has 1 aromatic heterocycles. The first-order valence-electron chi connectivity index (χ1n) is 10.4. The van der Waals surface area contributed by atoms with Crippen molar-refractivity contribution in [3.05, 3.63) is 42.2 Å². The molecule has 0 saturated carbocycles. The van der Waals surface area contributed by atoms with E-state index in [-0.39, 0.29) is 35.0 Å². The molecule has 0 unspecified atom stereocenters. The van der Waals surface area contributed by atoms with Gasteiger partial charge in [0, 0.05) is 32.5 Å². The lowest BCUT2D eigenvalue weighted by molar-refractivity contribution is -0.149. The Morgan fingerprint density at radius 3 is 2.58 bits per heavy atom. The smallest absolute Gasteiger partial charge is 0.340 e. The van der Waals surface area contributed by atoms with Crippen molar-refractivity contribution >= 4 is 41.2 Å². The second-order valence-corrected chi connectivity index (χ2v) is 8.40. The van der Waals surface area contributed by atoms with Gasteiger partial charge in [-0.25, -0.2) is 9.78 Å². The highest BCUT2D eigenvalue weighted by atomic mass is 32.2. The summed E-state index contributed by atoms with van der Waals surface area (Å²) < 4.78 is 11.8. The molecular weight excluding hydrogens is 448 g/mol. The molecule has 1 aliphatic rings. The van der Waals surface area contributed by atoms with Crippen molar-refractivity contribution in [1.82, 2.24) is 14.5 Å². The van der Waals surface area contributed by atoms with E-state index in [4.69, 9.17) is 9.47 Å². The van der Waals surface area contributed by atoms with Crippen LogP contribution >= 0.6 is 11.8 Å². The number of rotatable bonds is 8. The first kappa shape index (κ1) is 24.3. The number of hydrogen-bond acceptors (Lipinski definition) is 8. The molecule has 2 amide bonds. The summed E-state index contributed by atoms with van der Waals surface area (Å²) in [5.74, 6) is -1.71. The van der Waals surface area contributed by atoms with Crippen LogP contribution in [0.25, 0.3) is 0 Å². The predicted molar refractivity (Wildman–Crippen MR) is 121 cm³/mol. The second-order valence-electron chi connectivity index (χ2n) is 7.46. The van der Waals surface area contributed by atoms with Crippen LogP contribution in [-0.2, 0) is 30.9 Å². The molecule has 1 fully saturated rings. The zero-order chi connectivity index (χ0) is 23.8. The lowest BCUT2D eigenvalue weighted by atomic mass is 9.97. The average molecular weight is 475 g/mol. The molecule has 176 valence electrons. The van der Waals surface area contributed by atoms with Crippen LogP contribution in [0.5, 0.6) is 0 Å². The fraction of sp³-hybridized carbons (Fsp3) is 0.409. The number of carbonyl (C=O) groups is 4. The average Bonchev–Trinajstić information content (AvgIpc) is 3.25. The maximum Gasteiger partial charge on any atom is 0.340 e. The number of likely N-dealkylation sites (tertiary alicyclic amines) is 1. The second kappa shape index (κ2) is 11.5. The van der Waals surface area contributed by atoms with Crippen molar-refractivity contribution in [2.24, 2.45) is 13.0 Å². The number of nitrogens with one attached hydrogen (secondary N) is 1. The number of anilines is 1. The number of aromatic nitrogens is 2. The van der Waals surface area contributed by atoms with E-state index in [0.29, 0.717) is 36.8 Å². The summed E-state index contributed by atoms with van der Waals surface area (Å²) in [5.41, 5.74) is 0.462. The van der Waals surface area contributed by atoms with E-state index >= 15 is 0 Å². The number of thioether (sulfide) groups is 1. The number of imidazole rings is 1. The van der Waals surface area contributed by atoms with Crippen LogP contribution in [0.2, 0.25) is 0 Å². The number of benzene rings is 1. The number of para-hydroxylation sites is 1. The molecule has 0 bridgehead atoms. The van der Waals surface area contributed by atoms with Gasteiger partial charge in [0.1, 0.15) is 0 Å². The molecule has 0 atom stereocenters. The Morgan fingerprint density at radius 1 is 1.18 bits per heavy atom. The summed E-state index contributed by atoms with van der Waals surface area (Å²) in [5, 5.41) is 3.41. The number of piperidine rings is 1. The van der Waals surface area contributed by atoms with Crippen molar-refractivity contribution in [3.8, 4) is 0 Å². The van der Waals surface area contributed by atoms with Gasteiger partial charge >= 0.3 is 11.9 Å². The van der Waals surface area contributed by atoms with E-state index in [1.165, 1.54) is 24.9 Å². The summed E-state index contributed by atoms with van der Waals surface area (Å²) in [6.45, 7) is 0.381. The molecule has 2 heterocycles. The fourth-order valence-corrected chi connectivity index (χ4v) is 4.14. The molecule has 2 aromatic rings. The van der Waals surface area contributed by atoms with E-state index in [2.05, 4.69) is 10.3 Å². The number of nitrogens with zero attached hydrogens (tertiary/aromatic N) is 3. The Balaban J connectivity index is 1.50. The quantitative estimate of drug-likeness (QED) is 0.454. The summed E-state index contributed by atoms with van der Waals surface area (Å²) >= 11 is 1.27. The van der Waals surface area contributed by atoms with E-state index in [1.54, 1.807) is 40.1 Å².